The van der Waals surface area contributed by atoms with Crippen molar-refractivity contribution in [2.75, 3.05) is 20.2 Å². The van der Waals surface area contributed by atoms with E-state index >= 15 is 0 Å². The molecule has 7 nitrogen and oxygen atoms in total. The van der Waals surface area contributed by atoms with Crippen molar-refractivity contribution < 1.29 is 22.2 Å². The van der Waals surface area contributed by atoms with Crippen LogP contribution in [0.1, 0.15) is 18.4 Å². The van der Waals surface area contributed by atoms with E-state index in [-0.39, 0.29) is 10.9 Å². The van der Waals surface area contributed by atoms with E-state index in [0.717, 1.165) is 10.6 Å². The number of hydrogen-bond donors (Lipinski definition) is 1. The number of nitrogens with one attached hydrogen (secondary N) is 1. The molecule has 0 bridgehead atoms. The zero-order valence-electron chi connectivity index (χ0n) is 12.6. The van der Waals surface area contributed by atoms with E-state index in [0.29, 0.717) is 25.9 Å². The van der Waals surface area contributed by atoms with Crippen LogP contribution in [0, 0.1) is 6.92 Å². The molecule has 1 N–H and O–H groups in total. The Bertz CT molecular complexity index is 609. The van der Waals surface area contributed by atoms with E-state index in [1.54, 1.807) is 12.1 Å². The van der Waals surface area contributed by atoms with Gasteiger partial charge in [-0.15, -0.1) is 4.28 Å². The normalized spacial score (nSPS) is 16.3. The Labute approximate surface area is 130 Å². The van der Waals surface area contributed by atoms with Crippen LogP contribution in [0.3, 0.4) is 0 Å². The van der Waals surface area contributed by atoms with Crippen molar-refractivity contribution in [3.8, 4) is 0 Å². The standard InChI is InChI=1S/C14H20N2O5S/c1-11-3-5-13(6-4-11)22(18,19)21-16(14(17)20-2)12-7-9-15-10-8-12/h3-6,12,15H,7-10H2,1-2H3. The van der Waals surface area contributed by atoms with Gasteiger partial charge in [-0.05, 0) is 45.0 Å². The second-order valence-electron chi connectivity index (χ2n) is 5.12. The van der Waals surface area contributed by atoms with E-state index in [1.807, 2.05) is 6.92 Å². The quantitative estimate of drug-likeness (QED) is 0.842. The molecule has 0 saturated carbocycles. The van der Waals surface area contributed by atoms with Crippen LogP contribution in [0.2, 0.25) is 0 Å². The van der Waals surface area contributed by atoms with Crippen LogP contribution in [0.5, 0.6) is 0 Å². The highest BCUT2D eigenvalue weighted by Gasteiger charge is 2.32. The number of nitrogens with zero attached hydrogens (tertiary/aromatic N) is 1. The highest BCUT2D eigenvalue weighted by atomic mass is 32.2. The zero-order valence-corrected chi connectivity index (χ0v) is 13.4. The number of amides is 1. The Hall–Kier alpha value is -1.64. The molecule has 2 rings (SSSR count). The van der Waals surface area contributed by atoms with Gasteiger partial charge in [0.25, 0.3) is 0 Å². The molecule has 1 aliphatic heterocycles. The molecule has 8 heteroatoms. The number of ether oxygens (including phenoxy) is 1. The number of benzene rings is 1. The molecule has 22 heavy (non-hydrogen) atoms. The Morgan fingerprint density at radius 3 is 2.36 bits per heavy atom. The molecule has 0 spiro atoms. The maximum atomic E-state index is 12.3. The van der Waals surface area contributed by atoms with E-state index in [2.05, 4.69) is 10.1 Å². The van der Waals surface area contributed by atoms with Gasteiger partial charge in [-0.25, -0.2) is 4.79 Å². The third-order valence-electron chi connectivity index (χ3n) is 3.48. The predicted octanol–water partition coefficient (Wildman–Crippen LogP) is 1.44. The second-order valence-corrected chi connectivity index (χ2v) is 6.65. The average molecular weight is 328 g/mol. The van der Waals surface area contributed by atoms with Crippen molar-refractivity contribution in [1.29, 1.82) is 0 Å². The van der Waals surface area contributed by atoms with Crippen LogP contribution in [-0.2, 0) is 19.1 Å². The molecule has 1 aromatic rings. The molecule has 0 aromatic heterocycles. The first kappa shape index (κ1) is 16.7. The lowest BCUT2D eigenvalue weighted by molar-refractivity contribution is -0.0753. The van der Waals surface area contributed by atoms with Gasteiger partial charge < -0.3 is 10.1 Å². The van der Waals surface area contributed by atoms with Gasteiger partial charge in [-0.3, -0.25) is 0 Å². The monoisotopic (exact) mass is 328 g/mol. The number of hydrogen-bond acceptors (Lipinski definition) is 6. The van der Waals surface area contributed by atoms with Crippen LogP contribution in [0.15, 0.2) is 29.2 Å². The third kappa shape index (κ3) is 3.96. The van der Waals surface area contributed by atoms with Gasteiger partial charge in [-0.1, -0.05) is 17.7 Å². The minimum Gasteiger partial charge on any atom is -0.451 e. The number of carbonyl (C=O) groups is 1. The van der Waals surface area contributed by atoms with Crippen LogP contribution in [0.4, 0.5) is 4.79 Å². The predicted molar refractivity (Wildman–Crippen MR) is 79.6 cm³/mol. The first-order valence-electron chi connectivity index (χ1n) is 7.03. The molecule has 1 amide bonds. The molecule has 0 aliphatic carbocycles. The summed E-state index contributed by atoms with van der Waals surface area (Å²) in [7, 11) is -2.88. The van der Waals surface area contributed by atoms with E-state index in [9.17, 15) is 13.2 Å². The molecule has 1 aromatic carbocycles. The average Bonchev–Trinajstić information content (AvgIpc) is 2.53. The van der Waals surface area contributed by atoms with Crippen molar-refractivity contribution in [1.82, 2.24) is 10.4 Å². The molecule has 0 radical (unpaired) electrons. The molecule has 0 unspecified atom stereocenters. The van der Waals surface area contributed by atoms with Gasteiger partial charge in [0.1, 0.15) is 0 Å². The molecule has 0 atom stereocenters. The molecule has 1 heterocycles. The largest absolute Gasteiger partial charge is 0.451 e. The Morgan fingerprint density at radius 2 is 1.82 bits per heavy atom. The fourth-order valence-electron chi connectivity index (χ4n) is 2.23. The summed E-state index contributed by atoms with van der Waals surface area (Å²) in [5, 5.41) is 3.97. The Morgan fingerprint density at radius 1 is 1.23 bits per heavy atom. The summed E-state index contributed by atoms with van der Waals surface area (Å²) in [4.78, 5) is 11.9. The Kier molecular flexibility index (Phi) is 5.38. The van der Waals surface area contributed by atoms with Crippen LogP contribution >= 0.6 is 0 Å². The van der Waals surface area contributed by atoms with Crippen molar-refractivity contribution in [3.05, 3.63) is 29.8 Å². The van der Waals surface area contributed by atoms with Crippen molar-refractivity contribution in [2.45, 2.75) is 30.7 Å². The van der Waals surface area contributed by atoms with E-state index in [4.69, 9.17) is 4.28 Å². The topological polar surface area (TPSA) is 84.9 Å². The maximum absolute atomic E-state index is 12.3. The van der Waals surface area contributed by atoms with Gasteiger partial charge in [0, 0.05) is 0 Å². The summed E-state index contributed by atoms with van der Waals surface area (Å²) < 4.78 is 34.4. The minimum atomic E-state index is -4.08. The SMILES string of the molecule is COC(=O)N(OS(=O)(=O)c1ccc(C)cc1)C1CCNCC1. The van der Waals surface area contributed by atoms with E-state index < -0.39 is 16.2 Å². The van der Waals surface area contributed by atoms with Crippen molar-refractivity contribution in [2.24, 2.45) is 0 Å². The molecule has 1 saturated heterocycles. The highest BCUT2D eigenvalue weighted by molar-refractivity contribution is 7.86. The summed E-state index contributed by atoms with van der Waals surface area (Å²) >= 11 is 0. The number of hydroxylamine groups is 2. The fourth-order valence-corrected chi connectivity index (χ4v) is 3.17. The summed E-state index contributed by atoms with van der Waals surface area (Å²) in [6, 6.07) is 5.89. The molecule has 1 aliphatic rings. The number of rotatable bonds is 4. The van der Waals surface area contributed by atoms with Gasteiger partial charge in [0.2, 0.25) is 0 Å². The van der Waals surface area contributed by atoms with Gasteiger partial charge in [0.15, 0.2) is 0 Å². The van der Waals surface area contributed by atoms with Gasteiger partial charge >= 0.3 is 16.2 Å². The van der Waals surface area contributed by atoms with Crippen LogP contribution in [0.25, 0.3) is 0 Å². The number of piperidine rings is 1. The van der Waals surface area contributed by atoms with Crippen LogP contribution in [-0.4, -0.2) is 45.8 Å². The summed E-state index contributed by atoms with van der Waals surface area (Å²) in [6.07, 6.45) is 0.374. The molecular weight excluding hydrogens is 308 g/mol. The lowest BCUT2D eigenvalue weighted by Gasteiger charge is -2.31. The lowest BCUT2D eigenvalue weighted by Crippen LogP contribution is -2.47. The maximum Gasteiger partial charge on any atom is 0.435 e. The summed E-state index contributed by atoms with van der Waals surface area (Å²) in [5.41, 5.74) is 0.933. The fraction of sp³-hybridized carbons (Fsp3) is 0.500. The van der Waals surface area contributed by atoms with Crippen LogP contribution < -0.4 is 5.32 Å². The second kappa shape index (κ2) is 7.08. The number of methoxy groups -OCH3 is 1. The lowest BCUT2D eigenvalue weighted by atomic mass is 10.1. The first-order valence-corrected chi connectivity index (χ1v) is 8.44. The number of carbonyl (C=O) groups excluding carboxylic acids is 1. The van der Waals surface area contributed by atoms with E-state index in [1.165, 1.54) is 19.2 Å². The third-order valence-corrected chi connectivity index (χ3v) is 4.69. The smallest absolute Gasteiger partial charge is 0.435 e. The molecular formula is C14H20N2O5S. The number of aryl methyl sites for hydroxylation is 1. The van der Waals surface area contributed by atoms with Gasteiger partial charge in [-0.2, -0.15) is 13.5 Å². The minimum absolute atomic E-state index is 0.000868. The molecule has 1 fully saturated rings. The summed E-state index contributed by atoms with van der Waals surface area (Å²) in [5.74, 6) is 0. The zero-order chi connectivity index (χ0) is 16.2. The van der Waals surface area contributed by atoms with Crippen molar-refractivity contribution in [3.63, 3.8) is 0 Å². The van der Waals surface area contributed by atoms with Crippen molar-refractivity contribution >= 4 is 16.2 Å². The Balaban J connectivity index is 2.21. The van der Waals surface area contributed by atoms with Gasteiger partial charge in [0.05, 0.1) is 18.0 Å². The highest BCUT2D eigenvalue weighted by Crippen LogP contribution is 2.20. The first-order chi connectivity index (χ1) is 10.4. The summed E-state index contributed by atoms with van der Waals surface area (Å²) in [6.45, 7) is 3.23. The molecule has 122 valence electrons.